The summed E-state index contributed by atoms with van der Waals surface area (Å²) in [6.45, 7) is 0.851. The molecular formula is C27H24N2O4. The van der Waals surface area contributed by atoms with Crippen molar-refractivity contribution in [2.75, 3.05) is 11.9 Å². The van der Waals surface area contributed by atoms with Crippen LogP contribution in [-0.4, -0.2) is 23.3 Å². The molecule has 0 unspecified atom stereocenters. The Kier molecular flexibility index (Phi) is 7.18. The number of rotatable bonds is 9. The molecule has 0 saturated carbocycles. The van der Waals surface area contributed by atoms with Crippen molar-refractivity contribution in [2.45, 2.75) is 13.1 Å². The first-order valence-electron chi connectivity index (χ1n) is 10.6. The lowest BCUT2D eigenvalue weighted by atomic mass is 10.1. The molecule has 0 fully saturated rings. The van der Waals surface area contributed by atoms with Crippen LogP contribution >= 0.6 is 0 Å². The van der Waals surface area contributed by atoms with Gasteiger partial charge in [-0.15, -0.1) is 0 Å². The molecule has 3 aromatic carbocycles. The molecule has 0 bridgehead atoms. The van der Waals surface area contributed by atoms with E-state index >= 15 is 0 Å². The number of amides is 2. The summed E-state index contributed by atoms with van der Waals surface area (Å²) < 4.78 is 10.9. The van der Waals surface area contributed by atoms with Gasteiger partial charge in [0.15, 0.2) is 12.4 Å². The molecule has 0 aliphatic heterocycles. The Balaban J connectivity index is 1.40. The number of nitrogens with zero attached hydrogens (tertiary/aromatic N) is 1. The van der Waals surface area contributed by atoms with Crippen LogP contribution in [0.1, 0.15) is 21.7 Å². The zero-order valence-electron chi connectivity index (χ0n) is 18.0. The first kappa shape index (κ1) is 21.9. The van der Waals surface area contributed by atoms with Gasteiger partial charge in [0, 0.05) is 24.8 Å². The molecule has 2 amide bonds. The van der Waals surface area contributed by atoms with Gasteiger partial charge in [0.1, 0.15) is 5.75 Å². The van der Waals surface area contributed by atoms with Crippen LogP contribution in [0.4, 0.5) is 5.69 Å². The molecule has 0 spiro atoms. The average molecular weight is 440 g/mol. The molecule has 0 atom stereocenters. The van der Waals surface area contributed by atoms with Gasteiger partial charge in [-0.1, -0.05) is 66.7 Å². The van der Waals surface area contributed by atoms with Crippen molar-refractivity contribution in [2.24, 2.45) is 0 Å². The molecule has 0 aliphatic carbocycles. The molecule has 33 heavy (non-hydrogen) atoms. The van der Waals surface area contributed by atoms with Crippen LogP contribution in [0.2, 0.25) is 0 Å². The number of hydrogen-bond donors (Lipinski definition) is 1. The maximum absolute atomic E-state index is 13.1. The van der Waals surface area contributed by atoms with Gasteiger partial charge < -0.3 is 19.4 Å². The molecule has 6 nitrogen and oxygen atoms in total. The topological polar surface area (TPSA) is 71.8 Å². The van der Waals surface area contributed by atoms with E-state index in [-0.39, 0.29) is 24.2 Å². The predicted octanol–water partition coefficient (Wildman–Crippen LogP) is 5.14. The number of hydrogen-bond acceptors (Lipinski definition) is 4. The third-order valence-corrected chi connectivity index (χ3v) is 4.98. The number of carbonyl (C=O) groups is 2. The molecule has 166 valence electrons. The summed E-state index contributed by atoms with van der Waals surface area (Å²) in [4.78, 5) is 27.0. The Morgan fingerprint density at radius 1 is 0.788 bits per heavy atom. The van der Waals surface area contributed by atoms with Crippen molar-refractivity contribution in [1.29, 1.82) is 0 Å². The van der Waals surface area contributed by atoms with E-state index < -0.39 is 0 Å². The second-order valence-corrected chi connectivity index (χ2v) is 7.47. The predicted molar refractivity (Wildman–Crippen MR) is 126 cm³/mol. The van der Waals surface area contributed by atoms with E-state index in [1.807, 2.05) is 60.7 Å². The normalized spacial score (nSPS) is 10.4. The van der Waals surface area contributed by atoms with Crippen LogP contribution in [0.3, 0.4) is 0 Å². The molecule has 1 N–H and O–H groups in total. The van der Waals surface area contributed by atoms with Gasteiger partial charge in [-0.3, -0.25) is 9.59 Å². The fourth-order valence-electron chi connectivity index (χ4n) is 3.34. The fourth-order valence-corrected chi connectivity index (χ4v) is 3.34. The van der Waals surface area contributed by atoms with E-state index in [1.54, 1.807) is 41.3 Å². The number of carbonyl (C=O) groups excluding carboxylic acids is 2. The maximum atomic E-state index is 13.1. The van der Waals surface area contributed by atoms with Crippen LogP contribution in [-0.2, 0) is 17.9 Å². The lowest BCUT2D eigenvalue weighted by Crippen LogP contribution is -2.34. The Labute approximate surface area is 192 Å². The van der Waals surface area contributed by atoms with Crippen LogP contribution in [0.15, 0.2) is 108 Å². The summed E-state index contributed by atoms with van der Waals surface area (Å²) in [5.41, 5.74) is 2.64. The summed E-state index contributed by atoms with van der Waals surface area (Å²) >= 11 is 0. The van der Waals surface area contributed by atoms with Crippen molar-refractivity contribution in [1.82, 2.24) is 4.90 Å². The minimum atomic E-state index is -0.356. The minimum Gasteiger partial charge on any atom is -0.484 e. The van der Waals surface area contributed by atoms with E-state index in [0.717, 1.165) is 11.1 Å². The number of benzene rings is 3. The van der Waals surface area contributed by atoms with Crippen molar-refractivity contribution < 1.29 is 18.7 Å². The number of nitrogens with one attached hydrogen (secondary N) is 1. The average Bonchev–Trinajstić information content (AvgIpc) is 3.39. The monoisotopic (exact) mass is 440 g/mol. The maximum Gasteiger partial charge on any atom is 0.291 e. The Hall–Kier alpha value is -4.32. The highest BCUT2D eigenvalue weighted by molar-refractivity contribution is 6.02. The Bertz CT molecular complexity index is 1130. The molecule has 1 aromatic heterocycles. The van der Waals surface area contributed by atoms with Crippen LogP contribution in [0.25, 0.3) is 0 Å². The number of furan rings is 1. The lowest BCUT2D eigenvalue weighted by Gasteiger charge is -2.23. The molecular weight excluding hydrogens is 416 g/mol. The summed E-state index contributed by atoms with van der Waals surface area (Å²) in [7, 11) is 0. The van der Waals surface area contributed by atoms with E-state index in [4.69, 9.17) is 9.15 Å². The largest absolute Gasteiger partial charge is 0.484 e. The van der Waals surface area contributed by atoms with Gasteiger partial charge in [-0.05, 0) is 35.4 Å². The van der Waals surface area contributed by atoms with Crippen molar-refractivity contribution >= 4 is 17.5 Å². The van der Waals surface area contributed by atoms with E-state index in [1.165, 1.54) is 6.26 Å². The van der Waals surface area contributed by atoms with Crippen molar-refractivity contribution in [3.8, 4) is 5.75 Å². The van der Waals surface area contributed by atoms with Gasteiger partial charge in [-0.2, -0.15) is 0 Å². The molecule has 4 rings (SSSR count). The molecule has 0 saturated heterocycles. The lowest BCUT2D eigenvalue weighted by molar-refractivity contribution is -0.134. The summed E-state index contributed by atoms with van der Waals surface area (Å²) in [6.07, 6.45) is 1.44. The second kappa shape index (κ2) is 10.8. The molecule has 4 aromatic rings. The summed E-state index contributed by atoms with van der Waals surface area (Å²) in [5.74, 6) is 0.215. The first-order valence-corrected chi connectivity index (χ1v) is 10.6. The van der Waals surface area contributed by atoms with Crippen LogP contribution < -0.4 is 10.1 Å². The second-order valence-electron chi connectivity index (χ2n) is 7.47. The Morgan fingerprint density at radius 3 is 2.06 bits per heavy atom. The third kappa shape index (κ3) is 6.33. The van der Waals surface area contributed by atoms with Gasteiger partial charge in [0.25, 0.3) is 11.8 Å². The molecule has 0 radical (unpaired) electrons. The highest BCUT2D eigenvalue weighted by Crippen LogP contribution is 2.19. The van der Waals surface area contributed by atoms with Crippen molar-refractivity contribution in [3.63, 3.8) is 0 Å². The molecule has 6 heteroatoms. The summed E-state index contributed by atoms with van der Waals surface area (Å²) in [6, 6.07) is 29.9. The number of anilines is 1. The minimum absolute atomic E-state index is 0.116. The van der Waals surface area contributed by atoms with E-state index in [9.17, 15) is 9.59 Å². The van der Waals surface area contributed by atoms with Gasteiger partial charge in [-0.25, -0.2) is 0 Å². The molecule has 0 aliphatic rings. The SMILES string of the molecule is O=C(Nc1cccc(OCC(=O)N(Cc2ccccc2)Cc2ccccc2)c1)c1ccco1. The first-order chi connectivity index (χ1) is 16.2. The third-order valence-electron chi connectivity index (χ3n) is 4.98. The zero-order chi connectivity index (χ0) is 22.9. The standard InChI is InChI=1S/C27H24N2O4/c30-26(29(18-21-9-3-1-4-10-21)19-22-11-5-2-6-12-22)20-33-24-14-7-13-23(17-24)28-27(31)25-15-8-16-32-25/h1-17H,18-20H2,(H,28,31). The quantitative estimate of drug-likeness (QED) is 0.391. The number of ether oxygens (including phenoxy) is 1. The fraction of sp³-hybridized carbons (Fsp3) is 0.111. The van der Waals surface area contributed by atoms with Gasteiger partial charge in [0.2, 0.25) is 0 Å². The van der Waals surface area contributed by atoms with Crippen molar-refractivity contribution in [3.05, 3.63) is 120 Å². The molecule has 1 heterocycles. The van der Waals surface area contributed by atoms with E-state index in [0.29, 0.717) is 24.5 Å². The Morgan fingerprint density at radius 2 is 1.45 bits per heavy atom. The highest BCUT2D eigenvalue weighted by Gasteiger charge is 2.16. The van der Waals surface area contributed by atoms with Crippen LogP contribution in [0.5, 0.6) is 5.75 Å². The summed E-state index contributed by atoms with van der Waals surface area (Å²) in [5, 5.41) is 2.75. The highest BCUT2D eigenvalue weighted by atomic mass is 16.5. The van der Waals surface area contributed by atoms with E-state index in [2.05, 4.69) is 5.32 Å². The van der Waals surface area contributed by atoms with Gasteiger partial charge >= 0.3 is 0 Å². The van der Waals surface area contributed by atoms with Gasteiger partial charge in [0.05, 0.1) is 6.26 Å². The zero-order valence-corrected chi connectivity index (χ0v) is 18.0. The smallest absolute Gasteiger partial charge is 0.291 e. The van der Waals surface area contributed by atoms with Crippen LogP contribution in [0, 0.1) is 0 Å².